The van der Waals surface area contributed by atoms with Crippen molar-refractivity contribution in [2.24, 2.45) is 0 Å². The fourth-order valence-electron chi connectivity index (χ4n) is 3.06. The summed E-state index contributed by atoms with van der Waals surface area (Å²) in [7, 11) is 0. The van der Waals surface area contributed by atoms with Crippen LogP contribution in [0.5, 0.6) is 11.5 Å². The highest BCUT2D eigenvalue weighted by Gasteiger charge is 2.13. The van der Waals surface area contributed by atoms with Crippen molar-refractivity contribution in [1.82, 2.24) is 9.78 Å². The smallest absolute Gasteiger partial charge is 0.275 e. The molecule has 1 heterocycles. The van der Waals surface area contributed by atoms with E-state index in [1.54, 1.807) is 36.4 Å². The molecule has 3 aromatic carbocycles. The van der Waals surface area contributed by atoms with Gasteiger partial charge in [0.1, 0.15) is 23.7 Å². The van der Waals surface area contributed by atoms with Crippen LogP contribution in [0.4, 0.5) is 5.69 Å². The molecule has 0 aliphatic carbocycles. The van der Waals surface area contributed by atoms with Gasteiger partial charge in [-0.2, -0.15) is 5.10 Å². The molecular weight excluding hydrogens is 398 g/mol. The SMILES string of the molecule is O=C(Cn1nc(C(=O)[O-])c2ccccc2c1=O)Nc1ccc(Oc2ccccc2)cc1. The van der Waals surface area contributed by atoms with Gasteiger partial charge >= 0.3 is 0 Å². The number of aromatic nitrogens is 2. The van der Waals surface area contributed by atoms with Gasteiger partial charge < -0.3 is 20.0 Å². The molecule has 0 saturated carbocycles. The highest BCUT2D eigenvalue weighted by atomic mass is 16.5. The summed E-state index contributed by atoms with van der Waals surface area (Å²) in [5.41, 5.74) is -0.479. The maximum atomic E-state index is 12.6. The van der Waals surface area contributed by atoms with E-state index in [0.717, 1.165) is 4.68 Å². The quantitative estimate of drug-likeness (QED) is 0.517. The predicted octanol–water partition coefficient (Wildman–Crippen LogP) is 2.19. The highest BCUT2D eigenvalue weighted by Crippen LogP contribution is 2.22. The van der Waals surface area contributed by atoms with Crippen molar-refractivity contribution >= 4 is 28.3 Å². The predicted molar refractivity (Wildman–Crippen MR) is 112 cm³/mol. The second-order valence-electron chi connectivity index (χ2n) is 6.63. The summed E-state index contributed by atoms with van der Waals surface area (Å²) >= 11 is 0. The Morgan fingerprint density at radius 1 is 0.871 bits per heavy atom. The van der Waals surface area contributed by atoms with Crippen LogP contribution in [-0.4, -0.2) is 21.7 Å². The molecule has 0 radical (unpaired) electrons. The number of anilines is 1. The second-order valence-corrected chi connectivity index (χ2v) is 6.63. The highest BCUT2D eigenvalue weighted by molar-refractivity contribution is 6.00. The molecule has 0 fully saturated rings. The molecule has 4 rings (SSSR count). The molecule has 0 unspecified atom stereocenters. The number of rotatable bonds is 6. The number of nitrogens with one attached hydrogen (secondary N) is 1. The number of amides is 1. The Bertz CT molecular complexity index is 1310. The Hall–Kier alpha value is -4.46. The summed E-state index contributed by atoms with van der Waals surface area (Å²) in [5, 5.41) is 18.2. The maximum Gasteiger partial charge on any atom is 0.275 e. The van der Waals surface area contributed by atoms with Crippen LogP contribution in [0.3, 0.4) is 0 Å². The fourth-order valence-corrected chi connectivity index (χ4v) is 3.06. The topological polar surface area (TPSA) is 113 Å². The van der Waals surface area contributed by atoms with Crippen LogP contribution in [0.2, 0.25) is 0 Å². The van der Waals surface area contributed by atoms with E-state index in [4.69, 9.17) is 4.74 Å². The Kier molecular flexibility index (Phi) is 5.44. The van der Waals surface area contributed by atoms with Crippen LogP contribution in [0, 0.1) is 0 Å². The number of hydrogen-bond acceptors (Lipinski definition) is 6. The van der Waals surface area contributed by atoms with E-state index in [2.05, 4.69) is 10.4 Å². The van der Waals surface area contributed by atoms with Gasteiger partial charge in [-0.3, -0.25) is 9.59 Å². The summed E-state index contributed by atoms with van der Waals surface area (Å²) in [5.74, 6) is -0.787. The zero-order chi connectivity index (χ0) is 21.8. The van der Waals surface area contributed by atoms with Crippen molar-refractivity contribution in [2.45, 2.75) is 6.54 Å². The number of para-hydroxylation sites is 1. The van der Waals surface area contributed by atoms with Gasteiger partial charge in [-0.25, -0.2) is 4.68 Å². The fraction of sp³-hybridized carbons (Fsp3) is 0.0435. The van der Waals surface area contributed by atoms with E-state index in [1.165, 1.54) is 12.1 Å². The minimum Gasteiger partial charge on any atom is -0.543 e. The lowest BCUT2D eigenvalue weighted by atomic mass is 10.1. The van der Waals surface area contributed by atoms with Crippen LogP contribution in [0.25, 0.3) is 10.8 Å². The molecule has 0 atom stereocenters. The van der Waals surface area contributed by atoms with E-state index >= 15 is 0 Å². The molecule has 0 aliphatic heterocycles. The van der Waals surface area contributed by atoms with E-state index < -0.39 is 29.7 Å². The number of ether oxygens (including phenoxy) is 1. The molecule has 0 aliphatic rings. The Labute approximate surface area is 176 Å². The Morgan fingerprint density at radius 3 is 2.16 bits per heavy atom. The van der Waals surface area contributed by atoms with Gasteiger partial charge in [0.25, 0.3) is 5.56 Å². The first-order chi connectivity index (χ1) is 15.0. The van der Waals surface area contributed by atoms with Gasteiger partial charge in [0, 0.05) is 11.1 Å². The van der Waals surface area contributed by atoms with Crippen LogP contribution in [0.1, 0.15) is 10.5 Å². The largest absolute Gasteiger partial charge is 0.543 e. The molecule has 0 bridgehead atoms. The summed E-state index contributed by atoms with van der Waals surface area (Å²) < 4.78 is 6.51. The Morgan fingerprint density at radius 2 is 1.48 bits per heavy atom. The minimum atomic E-state index is -1.53. The van der Waals surface area contributed by atoms with Gasteiger partial charge in [-0.1, -0.05) is 36.4 Å². The van der Waals surface area contributed by atoms with E-state index in [-0.39, 0.29) is 10.8 Å². The number of carboxylic acid groups (broad SMARTS) is 1. The number of carbonyl (C=O) groups excluding carboxylic acids is 2. The zero-order valence-corrected chi connectivity index (χ0v) is 16.1. The van der Waals surface area contributed by atoms with Gasteiger partial charge in [0.05, 0.1) is 11.4 Å². The summed E-state index contributed by atoms with van der Waals surface area (Å²) in [4.78, 5) is 36.4. The summed E-state index contributed by atoms with van der Waals surface area (Å²) in [6.45, 7) is -0.452. The van der Waals surface area contributed by atoms with Crippen molar-refractivity contribution in [3.63, 3.8) is 0 Å². The van der Waals surface area contributed by atoms with Crippen molar-refractivity contribution in [3.05, 3.63) is 94.9 Å². The molecule has 1 aromatic heterocycles. The van der Waals surface area contributed by atoms with Gasteiger partial charge in [-0.15, -0.1) is 0 Å². The van der Waals surface area contributed by atoms with Crippen molar-refractivity contribution < 1.29 is 19.4 Å². The van der Waals surface area contributed by atoms with Crippen molar-refractivity contribution in [1.29, 1.82) is 0 Å². The number of benzene rings is 3. The average molecular weight is 414 g/mol. The van der Waals surface area contributed by atoms with Crippen LogP contribution >= 0.6 is 0 Å². The number of carbonyl (C=O) groups is 2. The molecule has 8 heteroatoms. The lowest BCUT2D eigenvalue weighted by Gasteiger charge is -2.12. The lowest BCUT2D eigenvalue weighted by molar-refractivity contribution is -0.255. The van der Waals surface area contributed by atoms with E-state index in [9.17, 15) is 19.5 Å². The molecule has 31 heavy (non-hydrogen) atoms. The van der Waals surface area contributed by atoms with Crippen LogP contribution in [-0.2, 0) is 11.3 Å². The van der Waals surface area contributed by atoms with Crippen LogP contribution in [0.15, 0.2) is 83.7 Å². The third-order valence-corrected chi connectivity index (χ3v) is 4.47. The number of aromatic carboxylic acids is 1. The zero-order valence-electron chi connectivity index (χ0n) is 16.1. The lowest BCUT2D eigenvalue weighted by Crippen LogP contribution is -2.34. The number of nitrogens with zero attached hydrogens (tertiary/aromatic N) is 2. The molecule has 0 spiro atoms. The second kappa shape index (κ2) is 8.50. The molecule has 1 amide bonds. The molecule has 1 N–H and O–H groups in total. The average Bonchev–Trinajstić information content (AvgIpc) is 2.77. The van der Waals surface area contributed by atoms with Crippen LogP contribution < -0.4 is 20.7 Å². The van der Waals surface area contributed by atoms with Crippen molar-refractivity contribution in [2.75, 3.05) is 5.32 Å². The van der Waals surface area contributed by atoms with E-state index in [0.29, 0.717) is 17.2 Å². The monoisotopic (exact) mass is 414 g/mol. The molecule has 4 aromatic rings. The molecule has 154 valence electrons. The van der Waals surface area contributed by atoms with Crippen molar-refractivity contribution in [3.8, 4) is 11.5 Å². The third-order valence-electron chi connectivity index (χ3n) is 4.47. The first-order valence-corrected chi connectivity index (χ1v) is 9.35. The molecular formula is C23H16N3O5-. The first kappa shape index (κ1) is 19.8. The standard InChI is InChI=1S/C23H17N3O5/c27-20(24-15-10-12-17(13-11-15)31-16-6-2-1-3-7-16)14-26-22(28)19-9-5-4-8-18(19)21(25-26)23(29)30/h1-13H,14H2,(H,24,27)(H,29,30)/p-1. The number of hydrogen-bond donors (Lipinski definition) is 1. The minimum absolute atomic E-state index is 0.145. The maximum absolute atomic E-state index is 12.6. The number of fused-ring (bicyclic) bond motifs is 1. The summed E-state index contributed by atoms with van der Waals surface area (Å²) in [6.07, 6.45) is 0. The normalized spacial score (nSPS) is 10.6. The Balaban J connectivity index is 1.50. The summed E-state index contributed by atoms with van der Waals surface area (Å²) in [6, 6.07) is 22.1. The van der Waals surface area contributed by atoms with Gasteiger partial charge in [0.2, 0.25) is 5.91 Å². The third kappa shape index (κ3) is 4.43. The number of carboxylic acids is 1. The van der Waals surface area contributed by atoms with Gasteiger partial charge in [-0.05, 0) is 42.5 Å². The molecule has 0 saturated heterocycles. The molecule has 8 nitrogen and oxygen atoms in total. The van der Waals surface area contributed by atoms with Gasteiger partial charge in [0.15, 0.2) is 0 Å². The van der Waals surface area contributed by atoms with E-state index in [1.807, 2.05) is 30.3 Å². The first-order valence-electron chi connectivity index (χ1n) is 9.35.